The van der Waals surface area contributed by atoms with E-state index in [1.165, 1.54) is 12.1 Å². The second-order valence-corrected chi connectivity index (χ2v) is 4.91. The maximum absolute atomic E-state index is 12.9. The predicted molar refractivity (Wildman–Crippen MR) is 80.5 cm³/mol. The van der Waals surface area contributed by atoms with Crippen molar-refractivity contribution in [3.05, 3.63) is 66.1 Å². The monoisotopic (exact) mass is 282 g/mol. The zero-order chi connectivity index (χ0) is 14.8. The van der Waals surface area contributed by atoms with Crippen LogP contribution in [-0.4, -0.2) is 14.5 Å². The van der Waals surface area contributed by atoms with Crippen molar-refractivity contribution in [2.45, 2.75) is 13.8 Å². The highest BCUT2D eigenvalue weighted by Gasteiger charge is 2.05. The molecule has 0 saturated heterocycles. The summed E-state index contributed by atoms with van der Waals surface area (Å²) in [4.78, 5) is 8.59. The zero-order valence-corrected chi connectivity index (χ0v) is 11.8. The standard InChI is InChI=1S/C16H15FN4/c1-11-8-18-16(20-14-5-3-13(17)4-6-14)7-15(11)21-9-12(2)19-10-21/h3-10H,1-2H3,(H,18,20). The van der Waals surface area contributed by atoms with Gasteiger partial charge in [0, 0.05) is 24.1 Å². The highest BCUT2D eigenvalue weighted by Crippen LogP contribution is 2.20. The van der Waals surface area contributed by atoms with E-state index in [2.05, 4.69) is 15.3 Å². The Morgan fingerprint density at radius 2 is 1.86 bits per heavy atom. The van der Waals surface area contributed by atoms with Crippen LogP contribution in [0, 0.1) is 19.7 Å². The first-order valence-corrected chi connectivity index (χ1v) is 6.62. The molecule has 3 aromatic rings. The Kier molecular flexibility index (Phi) is 3.39. The van der Waals surface area contributed by atoms with Gasteiger partial charge in [0.25, 0.3) is 0 Å². The molecule has 0 aliphatic heterocycles. The van der Waals surface area contributed by atoms with Crippen molar-refractivity contribution in [3.8, 4) is 5.69 Å². The molecule has 0 aliphatic carbocycles. The Hall–Kier alpha value is -2.69. The van der Waals surface area contributed by atoms with E-state index in [0.717, 1.165) is 22.6 Å². The summed E-state index contributed by atoms with van der Waals surface area (Å²) in [7, 11) is 0. The topological polar surface area (TPSA) is 42.7 Å². The van der Waals surface area contributed by atoms with E-state index < -0.39 is 0 Å². The predicted octanol–water partition coefficient (Wildman–Crippen LogP) is 3.77. The number of benzene rings is 1. The molecule has 0 spiro atoms. The lowest BCUT2D eigenvalue weighted by molar-refractivity contribution is 0.628. The van der Waals surface area contributed by atoms with Gasteiger partial charge < -0.3 is 9.88 Å². The molecule has 5 heteroatoms. The minimum Gasteiger partial charge on any atom is -0.340 e. The summed E-state index contributed by atoms with van der Waals surface area (Å²) in [5.74, 6) is 0.445. The maximum Gasteiger partial charge on any atom is 0.132 e. The van der Waals surface area contributed by atoms with Gasteiger partial charge in [0.15, 0.2) is 0 Å². The van der Waals surface area contributed by atoms with Crippen molar-refractivity contribution in [1.29, 1.82) is 0 Å². The SMILES string of the molecule is Cc1cn(-c2cc(Nc3ccc(F)cc3)ncc2C)cn1. The number of nitrogens with one attached hydrogen (secondary N) is 1. The van der Waals surface area contributed by atoms with Crippen molar-refractivity contribution < 1.29 is 4.39 Å². The molecule has 0 amide bonds. The van der Waals surface area contributed by atoms with Gasteiger partial charge in [-0.15, -0.1) is 0 Å². The van der Waals surface area contributed by atoms with Crippen molar-refractivity contribution in [1.82, 2.24) is 14.5 Å². The normalized spacial score (nSPS) is 10.6. The van der Waals surface area contributed by atoms with E-state index in [-0.39, 0.29) is 5.82 Å². The smallest absolute Gasteiger partial charge is 0.132 e. The second-order valence-electron chi connectivity index (χ2n) is 4.91. The molecule has 1 N–H and O–H groups in total. The second kappa shape index (κ2) is 5.36. The Labute approximate surface area is 122 Å². The number of aromatic nitrogens is 3. The van der Waals surface area contributed by atoms with E-state index in [9.17, 15) is 4.39 Å². The third-order valence-electron chi connectivity index (χ3n) is 3.18. The summed E-state index contributed by atoms with van der Waals surface area (Å²) >= 11 is 0. The molecule has 3 rings (SSSR count). The van der Waals surface area contributed by atoms with Crippen molar-refractivity contribution in [2.24, 2.45) is 0 Å². The highest BCUT2D eigenvalue weighted by atomic mass is 19.1. The Morgan fingerprint density at radius 1 is 1.10 bits per heavy atom. The van der Waals surface area contributed by atoms with E-state index in [1.54, 1.807) is 24.7 Å². The average molecular weight is 282 g/mol. The highest BCUT2D eigenvalue weighted by molar-refractivity contribution is 5.59. The van der Waals surface area contributed by atoms with Crippen LogP contribution in [0.4, 0.5) is 15.9 Å². The number of anilines is 2. The lowest BCUT2D eigenvalue weighted by Gasteiger charge is -2.10. The van der Waals surface area contributed by atoms with E-state index >= 15 is 0 Å². The number of aryl methyl sites for hydroxylation is 2. The van der Waals surface area contributed by atoms with Crippen molar-refractivity contribution in [2.75, 3.05) is 5.32 Å². The number of hydrogen-bond donors (Lipinski definition) is 1. The van der Waals surface area contributed by atoms with Crippen LogP contribution in [0.1, 0.15) is 11.3 Å². The van der Waals surface area contributed by atoms with Gasteiger partial charge in [0.05, 0.1) is 17.7 Å². The van der Waals surface area contributed by atoms with Gasteiger partial charge in [-0.1, -0.05) is 0 Å². The Balaban J connectivity index is 1.92. The van der Waals surface area contributed by atoms with Crippen LogP contribution in [0.15, 0.2) is 49.1 Å². The Morgan fingerprint density at radius 3 is 2.52 bits per heavy atom. The quantitative estimate of drug-likeness (QED) is 0.795. The fraction of sp³-hybridized carbons (Fsp3) is 0.125. The minimum absolute atomic E-state index is 0.257. The molecule has 4 nitrogen and oxygen atoms in total. The molecule has 2 aromatic heterocycles. The van der Waals surface area contributed by atoms with E-state index in [0.29, 0.717) is 5.82 Å². The van der Waals surface area contributed by atoms with Crippen LogP contribution >= 0.6 is 0 Å². The van der Waals surface area contributed by atoms with E-state index in [4.69, 9.17) is 0 Å². The van der Waals surface area contributed by atoms with Gasteiger partial charge in [0.2, 0.25) is 0 Å². The van der Waals surface area contributed by atoms with Crippen molar-refractivity contribution in [3.63, 3.8) is 0 Å². The summed E-state index contributed by atoms with van der Waals surface area (Å²) in [6.07, 6.45) is 5.54. The summed E-state index contributed by atoms with van der Waals surface area (Å²) in [5.41, 5.74) is 3.81. The van der Waals surface area contributed by atoms with E-state index in [1.807, 2.05) is 30.7 Å². The third kappa shape index (κ3) is 2.91. The van der Waals surface area contributed by atoms with Crippen LogP contribution in [0.5, 0.6) is 0 Å². The molecular formula is C16H15FN4. The van der Waals surface area contributed by atoms with Crippen LogP contribution in [-0.2, 0) is 0 Å². The van der Waals surface area contributed by atoms with Gasteiger partial charge in [-0.25, -0.2) is 14.4 Å². The number of rotatable bonds is 3. The molecule has 0 atom stereocenters. The summed E-state index contributed by atoms with van der Waals surface area (Å²) < 4.78 is 14.9. The molecular weight excluding hydrogens is 267 g/mol. The lowest BCUT2D eigenvalue weighted by Crippen LogP contribution is -1.99. The average Bonchev–Trinajstić information content (AvgIpc) is 2.90. The largest absolute Gasteiger partial charge is 0.340 e. The van der Waals surface area contributed by atoms with Crippen LogP contribution in [0.3, 0.4) is 0 Å². The molecule has 0 saturated carbocycles. The van der Waals surface area contributed by atoms with Crippen LogP contribution in [0.2, 0.25) is 0 Å². The van der Waals surface area contributed by atoms with Gasteiger partial charge in [-0.3, -0.25) is 0 Å². The summed E-state index contributed by atoms with van der Waals surface area (Å²) in [6.45, 7) is 3.95. The molecule has 1 aromatic carbocycles. The molecule has 21 heavy (non-hydrogen) atoms. The number of pyridine rings is 1. The van der Waals surface area contributed by atoms with Gasteiger partial charge in [-0.2, -0.15) is 0 Å². The van der Waals surface area contributed by atoms with Crippen LogP contribution in [0.25, 0.3) is 5.69 Å². The first-order valence-electron chi connectivity index (χ1n) is 6.62. The lowest BCUT2D eigenvalue weighted by atomic mass is 10.2. The third-order valence-corrected chi connectivity index (χ3v) is 3.18. The zero-order valence-electron chi connectivity index (χ0n) is 11.8. The first kappa shape index (κ1) is 13.3. The number of halogens is 1. The molecule has 106 valence electrons. The van der Waals surface area contributed by atoms with Gasteiger partial charge >= 0.3 is 0 Å². The number of imidazole rings is 1. The molecule has 0 bridgehead atoms. The maximum atomic E-state index is 12.9. The van der Waals surface area contributed by atoms with Gasteiger partial charge in [0.1, 0.15) is 11.6 Å². The molecule has 0 aliphatic rings. The Bertz CT molecular complexity index is 762. The fourth-order valence-electron chi connectivity index (χ4n) is 2.09. The first-order chi connectivity index (χ1) is 10.1. The minimum atomic E-state index is -0.257. The van der Waals surface area contributed by atoms with Gasteiger partial charge in [-0.05, 0) is 43.7 Å². The van der Waals surface area contributed by atoms with Crippen molar-refractivity contribution >= 4 is 11.5 Å². The summed E-state index contributed by atoms with van der Waals surface area (Å²) in [5, 5.41) is 3.16. The molecule has 0 fully saturated rings. The molecule has 0 radical (unpaired) electrons. The molecule has 0 unspecified atom stereocenters. The summed E-state index contributed by atoms with van der Waals surface area (Å²) in [6, 6.07) is 8.13. The molecule has 2 heterocycles. The van der Waals surface area contributed by atoms with Crippen LogP contribution < -0.4 is 5.32 Å². The number of hydrogen-bond acceptors (Lipinski definition) is 3. The fourth-order valence-corrected chi connectivity index (χ4v) is 2.09. The number of nitrogens with zero attached hydrogens (tertiary/aromatic N) is 3.